The third-order valence-electron chi connectivity index (χ3n) is 2.30. The Morgan fingerprint density at radius 3 is 2.47 bits per heavy atom. The Hall–Kier alpha value is -1.52. The number of aliphatic hydroxyl groups is 1. The van der Waals surface area contributed by atoms with Gasteiger partial charge < -0.3 is 9.84 Å². The lowest BCUT2D eigenvalue weighted by atomic mass is 10.0. The van der Waals surface area contributed by atoms with Crippen LogP contribution in [0.4, 0.5) is 0 Å². The van der Waals surface area contributed by atoms with Crippen LogP contribution in [0.2, 0.25) is 10.0 Å². The molecule has 0 radical (unpaired) electrons. The van der Waals surface area contributed by atoms with Gasteiger partial charge in [0.15, 0.2) is 0 Å². The average Bonchev–Trinajstić information content (AvgIpc) is 2.32. The summed E-state index contributed by atoms with van der Waals surface area (Å²) in [7, 11) is 0. The minimum absolute atomic E-state index is 0.157. The highest BCUT2D eigenvalue weighted by molar-refractivity contribution is 6.42. The molecule has 2 N–H and O–H groups in total. The molecule has 0 aromatic heterocycles. The van der Waals surface area contributed by atoms with Crippen molar-refractivity contribution >= 4 is 34.9 Å². The Labute approximate surface area is 121 Å². The first kappa shape index (κ1) is 15.5. The van der Waals surface area contributed by atoms with Gasteiger partial charge in [0.2, 0.25) is 0 Å². The van der Waals surface area contributed by atoms with Crippen molar-refractivity contribution in [1.82, 2.24) is 0 Å². The number of halogens is 2. The lowest BCUT2D eigenvalue weighted by Crippen LogP contribution is -2.18. The number of rotatable bonds is 4. The van der Waals surface area contributed by atoms with Gasteiger partial charge in [0.05, 0.1) is 22.4 Å². The topological polar surface area (TPSA) is 70.4 Å². The van der Waals surface area contributed by atoms with Crippen LogP contribution < -0.4 is 0 Å². The number of hydrogen-bond donors (Lipinski definition) is 2. The minimum Gasteiger partial charge on any atom is -0.512 e. The Bertz CT molecular complexity index is 549. The molecule has 0 unspecified atom stereocenters. The molecule has 0 saturated carbocycles. The average molecular weight is 302 g/mol. The number of carbonyl (C=O) groups excluding carboxylic acids is 1. The quantitative estimate of drug-likeness (QED) is 0.385. The number of carbonyl (C=O) groups is 1. The minimum atomic E-state index is -0.751. The van der Waals surface area contributed by atoms with Crippen LogP contribution in [0.1, 0.15) is 19.4 Å². The highest BCUT2D eigenvalue weighted by Crippen LogP contribution is 2.24. The van der Waals surface area contributed by atoms with E-state index in [-0.39, 0.29) is 28.7 Å². The lowest BCUT2D eigenvalue weighted by Gasteiger charge is -2.10. The van der Waals surface area contributed by atoms with Crippen molar-refractivity contribution in [2.45, 2.75) is 13.8 Å². The molecule has 6 heteroatoms. The number of nitrogens with one attached hydrogen (secondary N) is 1. The van der Waals surface area contributed by atoms with Crippen LogP contribution in [-0.4, -0.2) is 23.4 Å². The molecule has 1 rings (SSSR count). The molecule has 0 aliphatic heterocycles. The van der Waals surface area contributed by atoms with Crippen molar-refractivity contribution in [1.29, 1.82) is 5.41 Å². The fraction of sp³-hybridized carbons (Fsp3) is 0.231. The summed E-state index contributed by atoms with van der Waals surface area (Å²) in [6, 6.07) is 4.51. The number of hydrogen-bond acceptors (Lipinski definition) is 4. The molecule has 0 fully saturated rings. The summed E-state index contributed by atoms with van der Waals surface area (Å²) >= 11 is 11.6. The molecule has 4 nitrogen and oxygen atoms in total. The lowest BCUT2D eigenvalue weighted by molar-refractivity contribution is -0.138. The maximum atomic E-state index is 11.7. The van der Waals surface area contributed by atoms with Gasteiger partial charge in [0.25, 0.3) is 0 Å². The van der Waals surface area contributed by atoms with E-state index in [1.807, 2.05) is 0 Å². The zero-order valence-electron chi connectivity index (χ0n) is 10.5. The van der Waals surface area contributed by atoms with Crippen LogP contribution in [0.5, 0.6) is 0 Å². The summed E-state index contributed by atoms with van der Waals surface area (Å²) in [4.78, 5) is 11.7. The molecule has 1 aromatic carbocycles. The third kappa shape index (κ3) is 3.72. The van der Waals surface area contributed by atoms with Crippen molar-refractivity contribution in [2.75, 3.05) is 6.61 Å². The van der Waals surface area contributed by atoms with Crippen molar-refractivity contribution in [3.05, 3.63) is 45.1 Å². The Morgan fingerprint density at radius 2 is 2.00 bits per heavy atom. The zero-order valence-corrected chi connectivity index (χ0v) is 12.0. The van der Waals surface area contributed by atoms with Gasteiger partial charge in [0.1, 0.15) is 11.3 Å². The van der Waals surface area contributed by atoms with E-state index in [0.717, 1.165) is 0 Å². The molecule has 0 atom stereocenters. The highest BCUT2D eigenvalue weighted by atomic mass is 35.5. The van der Waals surface area contributed by atoms with Crippen LogP contribution >= 0.6 is 23.2 Å². The smallest absolute Gasteiger partial charge is 0.343 e. The van der Waals surface area contributed by atoms with Gasteiger partial charge in [-0.15, -0.1) is 0 Å². The van der Waals surface area contributed by atoms with Crippen molar-refractivity contribution < 1.29 is 14.6 Å². The SMILES string of the molecule is CCOC(=O)/C(C(=N)c1ccc(Cl)c(Cl)c1)=C(\C)O. The second-order valence-corrected chi connectivity index (χ2v) is 4.50. The normalized spacial score (nSPS) is 11.8. The fourth-order valence-corrected chi connectivity index (χ4v) is 1.73. The van der Waals surface area contributed by atoms with Crippen LogP contribution in [-0.2, 0) is 9.53 Å². The number of ether oxygens (including phenoxy) is 1. The molecule has 19 heavy (non-hydrogen) atoms. The van der Waals surface area contributed by atoms with Crippen LogP contribution in [0.25, 0.3) is 0 Å². The van der Waals surface area contributed by atoms with Crippen LogP contribution in [0.15, 0.2) is 29.5 Å². The molecule has 0 aliphatic carbocycles. The maximum absolute atomic E-state index is 11.7. The first-order valence-electron chi connectivity index (χ1n) is 5.49. The maximum Gasteiger partial charge on any atom is 0.343 e. The second kappa shape index (κ2) is 6.59. The van der Waals surface area contributed by atoms with E-state index in [2.05, 4.69) is 0 Å². The van der Waals surface area contributed by atoms with Crippen molar-refractivity contribution in [2.24, 2.45) is 0 Å². The number of benzene rings is 1. The predicted octanol–water partition coefficient (Wildman–Crippen LogP) is 3.76. The van der Waals surface area contributed by atoms with E-state index in [4.69, 9.17) is 33.3 Å². The van der Waals surface area contributed by atoms with Crippen LogP contribution in [0.3, 0.4) is 0 Å². The summed E-state index contributed by atoms with van der Waals surface area (Å²) in [6.07, 6.45) is 0. The molecule has 0 amide bonds. The largest absolute Gasteiger partial charge is 0.512 e. The third-order valence-corrected chi connectivity index (χ3v) is 3.04. The van der Waals surface area contributed by atoms with E-state index >= 15 is 0 Å². The van der Waals surface area contributed by atoms with E-state index in [1.54, 1.807) is 13.0 Å². The molecule has 1 aromatic rings. The summed E-state index contributed by atoms with van der Waals surface area (Å²) in [5.74, 6) is -1.03. The predicted molar refractivity (Wildman–Crippen MR) is 75.3 cm³/mol. The van der Waals surface area contributed by atoms with E-state index in [0.29, 0.717) is 10.6 Å². The standard InChI is InChI=1S/C13H13Cl2NO3/c1-3-19-13(18)11(7(2)17)12(16)8-4-5-9(14)10(15)6-8/h4-6,16-17H,3H2,1-2H3/b11-7+,16-12?. The first-order chi connectivity index (χ1) is 8.88. The van der Waals surface area contributed by atoms with Crippen molar-refractivity contribution in [3.63, 3.8) is 0 Å². The highest BCUT2D eigenvalue weighted by Gasteiger charge is 2.21. The van der Waals surface area contributed by atoms with Gasteiger partial charge in [-0.2, -0.15) is 0 Å². The summed E-state index contributed by atoms with van der Waals surface area (Å²) < 4.78 is 4.81. The molecule has 0 saturated heterocycles. The molecular formula is C13H13Cl2NO3. The molecular weight excluding hydrogens is 289 g/mol. The van der Waals surface area contributed by atoms with E-state index in [9.17, 15) is 9.90 Å². The van der Waals surface area contributed by atoms with Gasteiger partial charge in [-0.05, 0) is 26.0 Å². The second-order valence-electron chi connectivity index (χ2n) is 3.68. The molecule has 0 aliphatic rings. The monoisotopic (exact) mass is 301 g/mol. The van der Waals surface area contributed by atoms with Gasteiger partial charge in [-0.3, -0.25) is 5.41 Å². The summed E-state index contributed by atoms with van der Waals surface area (Å²) in [5.41, 5.74) is 0.00288. The van der Waals surface area contributed by atoms with E-state index in [1.165, 1.54) is 19.1 Å². The number of aliphatic hydroxyl groups excluding tert-OH is 1. The first-order valence-corrected chi connectivity index (χ1v) is 6.25. The van der Waals surface area contributed by atoms with Gasteiger partial charge in [-0.1, -0.05) is 29.3 Å². The number of allylic oxidation sites excluding steroid dienone is 1. The molecule has 0 spiro atoms. The van der Waals surface area contributed by atoms with Gasteiger partial charge in [0, 0.05) is 5.56 Å². The number of esters is 1. The fourth-order valence-electron chi connectivity index (χ4n) is 1.43. The Morgan fingerprint density at radius 1 is 1.37 bits per heavy atom. The van der Waals surface area contributed by atoms with Crippen LogP contribution in [0, 0.1) is 5.41 Å². The van der Waals surface area contributed by atoms with Gasteiger partial charge >= 0.3 is 5.97 Å². The Balaban J connectivity index is 3.18. The van der Waals surface area contributed by atoms with E-state index < -0.39 is 5.97 Å². The molecule has 102 valence electrons. The van der Waals surface area contributed by atoms with Crippen molar-refractivity contribution in [3.8, 4) is 0 Å². The zero-order chi connectivity index (χ0) is 14.6. The summed E-state index contributed by atoms with van der Waals surface area (Å²) in [5, 5.41) is 18.1. The molecule has 0 bridgehead atoms. The van der Waals surface area contributed by atoms with Gasteiger partial charge in [-0.25, -0.2) is 4.79 Å². The summed E-state index contributed by atoms with van der Waals surface area (Å²) in [6.45, 7) is 3.12. The molecule has 0 heterocycles. The Kier molecular flexibility index (Phi) is 5.39.